The van der Waals surface area contributed by atoms with E-state index in [1.165, 1.54) is 4.90 Å². The molecule has 2 fully saturated rings. The number of benzene rings is 1. The van der Waals surface area contributed by atoms with Gasteiger partial charge in [-0.2, -0.15) is 0 Å². The second-order valence-corrected chi connectivity index (χ2v) is 14.8. The fourth-order valence-corrected chi connectivity index (χ4v) is 5.76. The van der Waals surface area contributed by atoms with Crippen molar-refractivity contribution in [2.45, 2.75) is 104 Å². The van der Waals surface area contributed by atoms with E-state index in [-0.39, 0.29) is 36.9 Å². The second-order valence-electron chi connectivity index (χ2n) is 14.8. The van der Waals surface area contributed by atoms with Crippen molar-refractivity contribution in [3.63, 3.8) is 0 Å². The van der Waals surface area contributed by atoms with Crippen molar-refractivity contribution in [3.8, 4) is 5.75 Å². The zero-order chi connectivity index (χ0) is 32.6. The summed E-state index contributed by atoms with van der Waals surface area (Å²) in [4.78, 5) is 59.3. The van der Waals surface area contributed by atoms with Crippen molar-refractivity contribution < 1.29 is 33.4 Å². The highest BCUT2D eigenvalue weighted by atomic mass is 16.6. The third kappa shape index (κ3) is 8.02. The summed E-state index contributed by atoms with van der Waals surface area (Å²) < 4.78 is 17.0. The maximum Gasteiger partial charge on any atom is 0.410 e. The number of fused-ring (bicyclic) bond motifs is 1. The highest BCUT2D eigenvalue weighted by Crippen LogP contribution is 2.43. The molecule has 0 radical (unpaired) electrons. The number of anilines is 2. The normalized spacial score (nSPS) is 21.7. The Morgan fingerprint density at radius 1 is 1.07 bits per heavy atom. The summed E-state index contributed by atoms with van der Waals surface area (Å²) in [5.41, 5.74) is -0.929. The van der Waals surface area contributed by atoms with E-state index < -0.39 is 34.7 Å². The molecule has 0 bridgehead atoms. The van der Waals surface area contributed by atoms with Crippen molar-refractivity contribution in [3.05, 3.63) is 18.2 Å². The number of amides is 4. The van der Waals surface area contributed by atoms with Crippen LogP contribution in [0.3, 0.4) is 0 Å². The summed E-state index contributed by atoms with van der Waals surface area (Å²) in [5, 5.41) is 3.02. The van der Waals surface area contributed by atoms with Crippen LogP contribution in [0.15, 0.2) is 18.2 Å². The fourth-order valence-electron chi connectivity index (χ4n) is 5.76. The number of rotatable bonds is 8. The standard InChI is InChI=1S/C33H50N4O7/c1-31(2,3)34-27(38)21-17-22(20-35(19-21)30(41)44-32(4,5)6)28(39)37(23-11-12-23)24-13-14-26-25(18-24)36(15-10-16-42-9)29(40)33(7,8)43-26/h13-14,18,21-23H,10-12,15-17,19-20H2,1-9H3,(H,34,38)/t21-,22?/m0/s1. The molecule has 2 atom stereocenters. The molecule has 44 heavy (non-hydrogen) atoms. The van der Waals surface area contributed by atoms with Crippen LogP contribution in [-0.2, 0) is 23.9 Å². The Hall–Kier alpha value is -3.34. The van der Waals surface area contributed by atoms with Gasteiger partial charge in [0.05, 0.1) is 17.5 Å². The molecule has 11 nitrogen and oxygen atoms in total. The molecule has 1 saturated heterocycles. The van der Waals surface area contributed by atoms with Gasteiger partial charge in [0.15, 0.2) is 5.60 Å². The van der Waals surface area contributed by atoms with Crippen LogP contribution in [0.5, 0.6) is 5.75 Å². The molecule has 1 N–H and O–H groups in total. The number of nitrogens with one attached hydrogen (secondary N) is 1. The highest BCUT2D eigenvalue weighted by Gasteiger charge is 2.45. The zero-order valence-electron chi connectivity index (χ0n) is 27.8. The van der Waals surface area contributed by atoms with Crippen LogP contribution in [-0.4, -0.2) is 84.8 Å². The lowest BCUT2D eigenvalue weighted by molar-refractivity contribution is -0.133. The van der Waals surface area contributed by atoms with Crippen LogP contribution in [0.4, 0.5) is 16.2 Å². The molecule has 0 spiro atoms. The van der Waals surface area contributed by atoms with Gasteiger partial charge in [-0.05, 0) is 99.3 Å². The van der Waals surface area contributed by atoms with E-state index in [0.717, 1.165) is 12.8 Å². The number of methoxy groups -OCH3 is 1. The summed E-state index contributed by atoms with van der Waals surface area (Å²) >= 11 is 0. The quantitative estimate of drug-likeness (QED) is 0.428. The largest absolute Gasteiger partial charge is 0.476 e. The van der Waals surface area contributed by atoms with Gasteiger partial charge in [0.25, 0.3) is 5.91 Å². The Balaban J connectivity index is 1.65. The number of piperidine rings is 1. The summed E-state index contributed by atoms with van der Waals surface area (Å²) in [5.74, 6) is -1.11. The number of hydrogen-bond acceptors (Lipinski definition) is 7. The topological polar surface area (TPSA) is 118 Å². The van der Waals surface area contributed by atoms with Crippen molar-refractivity contribution in [1.82, 2.24) is 10.2 Å². The minimum atomic E-state index is -1.02. The molecule has 4 rings (SSSR count). The number of hydrogen-bond donors (Lipinski definition) is 1. The highest BCUT2D eigenvalue weighted by molar-refractivity contribution is 6.04. The molecular formula is C33H50N4O7. The van der Waals surface area contributed by atoms with Crippen molar-refractivity contribution in [2.24, 2.45) is 11.8 Å². The first-order chi connectivity index (χ1) is 20.4. The van der Waals surface area contributed by atoms with E-state index >= 15 is 0 Å². The molecule has 1 aliphatic carbocycles. The molecule has 11 heteroatoms. The molecule has 4 amide bonds. The van der Waals surface area contributed by atoms with Crippen molar-refractivity contribution in [1.29, 1.82) is 0 Å². The van der Waals surface area contributed by atoms with Crippen LogP contribution in [0.1, 0.15) is 81.1 Å². The summed E-state index contributed by atoms with van der Waals surface area (Å²) in [7, 11) is 1.63. The molecule has 244 valence electrons. The predicted octanol–water partition coefficient (Wildman–Crippen LogP) is 4.51. The number of carbonyl (C=O) groups is 4. The van der Waals surface area contributed by atoms with Crippen molar-refractivity contribution >= 4 is 35.2 Å². The lowest BCUT2D eigenvalue weighted by Gasteiger charge is -2.41. The fraction of sp³-hybridized carbons (Fsp3) is 0.697. The second kappa shape index (κ2) is 12.6. The molecule has 1 unspecified atom stereocenters. The number of nitrogens with zero attached hydrogens (tertiary/aromatic N) is 3. The Kier molecular flexibility index (Phi) is 9.59. The molecule has 1 saturated carbocycles. The van der Waals surface area contributed by atoms with Crippen LogP contribution >= 0.6 is 0 Å². The van der Waals surface area contributed by atoms with E-state index in [1.807, 2.05) is 39.0 Å². The third-order valence-corrected chi connectivity index (χ3v) is 7.84. The maximum atomic E-state index is 14.4. The molecule has 2 heterocycles. The molecule has 1 aromatic carbocycles. The van der Waals surface area contributed by atoms with Gasteiger partial charge in [-0.25, -0.2) is 4.79 Å². The monoisotopic (exact) mass is 614 g/mol. The number of ether oxygens (including phenoxy) is 3. The summed E-state index contributed by atoms with van der Waals surface area (Å²) in [6.07, 6.45) is 2.11. The van der Waals surface area contributed by atoms with Gasteiger partial charge in [0, 0.05) is 50.6 Å². The van der Waals surface area contributed by atoms with Gasteiger partial charge in [-0.1, -0.05) is 0 Å². The molecule has 0 aromatic heterocycles. The summed E-state index contributed by atoms with van der Waals surface area (Å²) in [6.45, 7) is 15.9. The van der Waals surface area contributed by atoms with Crippen LogP contribution in [0, 0.1) is 11.8 Å². The molecule has 1 aromatic rings. The minimum absolute atomic E-state index is 0.00195. The Morgan fingerprint density at radius 2 is 1.73 bits per heavy atom. The van der Waals surface area contributed by atoms with Crippen molar-refractivity contribution in [2.75, 3.05) is 43.2 Å². The smallest absolute Gasteiger partial charge is 0.410 e. The van der Waals surface area contributed by atoms with Gasteiger partial charge in [0.2, 0.25) is 11.8 Å². The first-order valence-electron chi connectivity index (χ1n) is 15.7. The van der Waals surface area contributed by atoms with E-state index in [2.05, 4.69) is 5.32 Å². The minimum Gasteiger partial charge on any atom is -0.476 e. The van der Waals surface area contributed by atoms with Gasteiger partial charge < -0.3 is 34.2 Å². The Labute approximate surface area is 261 Å². The van der Waals surface area contributed by atoms with E-state index in [1.54, 1.807) is 51.5 Å². The van der Waals surface area contributed by atoms with Crippen LogP contribution in [0.25, 0.3) is 0 Å². The maximum absolute atomic E-state index is 14.4. The number of carbonyl (C=O) groups excluding carboxylic acids is 4. The van der Waals surface area contributed by atoms with E-state index in [9.17, 15) is 19.2 Å². The van der Waals surface area contributed by atoms with E-state index in [0.29, 0.717) is 43.1 Å². The van der Waals surface area contributed by atoms with Gasteiger partial charge >= 0.3 is 6.09 Å². The average molecular weight is 615 g/mol. The van der Waals surface area contributed by atoms with Crippen LogP contribution < -0.4 is 19.9 Å². The lowest BCUT2D eigenvalue weighted by Crippen LogP contribution is -2.55. The van der Waals surface area contributed by atoms with E-state index in [4.69, 9.17) is 14.2 Å². The predicted molar refractivity (Wildman–Crippen MR) is 168 cm³/mol. The average Bonchev–Trinajstić information content (AvgIpc) is 3.74. The molecule has 3 aliphatic rings. The van der Waals surface area contributed by atoms with Gasteiger partial charge in [0.1, 0.15) is 11.4 Å². The zero-order valence-corrected chi connectivity index (χ0v) is 27.8. The lowest BCUT2D eigenvalue weighted by atomic mass is 9.87. The molecular weight excluding hydrogens is 564 g/mol. The molecule has 2 aliphatic heterocycles. The van der Waals surface area contributed by atoms with Gasteiger partial charge in [-0.15, -0.1) is 0 Å². The Morgan fingerprint density at radius 3 is 2.32 bits per heavy atom. The third-order valence-electron chi connectivity index (χ3n) is 7.84. The SMILES string of the molecule is COCCCN1C(=O)C(C)(C)Oc2ccc(N(C(=O)C3C[C@H](C(=O)NC(C)(C)C)CN(C(=O)OC(C)(C)C)C3)C3CC3)cc21. The summed E-state index contributed by atoms with van der Waals surface area (Å²) in [6, 6.07) is 5.52. The Bertz CT molecular complexity index is 1230. The first kappa shape index (κ1) is 33.6. The first-order valence-corrected chi connectivity index (χ1v) is 15.7. The number of likely N-dealkylation sites (tertiary alicyclic amines) is 1. The van der Waals surface area contributed by atoms with Gasteiger partial charge in [-0.3, -0.25) is 14.4 Å². The van der Waals surface area contributed by atoms with Crippen LogP contribution in [0.2, 0.25) is 0 Å².